The van der Waals surface area contributed by atoms with Crippen molar-refractivity contribution in [2.45, 2.75) is 25.8 Å². The van der Waals surface area contributed by atoms with Crippen LogP contribution in [0.15, 0.2) is 18.2 Å². The molecule has 0 aliphatic carbocycles. The van der Waals surface area contributed by atoms with Gasteiger partial charge in [0.1, 0.15) is 11.6 Å². The van der Waals surface area contributed by atoms with E-state index in [1.807, 2.05) is 4.57 Å². The quantitative estimate of drug-likeness (QED) is 0.765. The predicted molar refractivity (Wildman–Crippen MR) is 62.8 cm³/mol. The number of hydrogen-bond acceptors (Lipinski definition) is 3. The highest BCUT2D eigenvalue weighted by molar-refractivity contribution is 5.71. The van der Waals surface area contributed by atoms with E-state index in [2.05, 4.69) is 10.2 Å². The third-order valence-corrected chi connectivity index (χ3v) is 3.12. The fourth-order valence-electron chi connectivity index (χ4n) is 2.23. The summed E-state index contributed by atoms with van der Waals surface area (Å²) in [6, 6.07) is 4.34. The van der Waals surface area contributed by atoms with Gasteiger partial charge in [-0.25, -0.2) is 4.39 Å². The standard InChI is InChI=1S/C12H13FN4/c13-8-4-5-10(14)9(7-8)12-16-15-11-3-1-2-6-17(11)12/h4-5,7H,1-3,6,14H2. The highest BCUT2D eigenvalue weighted by Gasteiger charge is 2.18. The summed E-state index contributed by atoms with van der Waals surface area (Å²) in [5.74, 6) is 1.34. The minimum Gasteiger partial charge on any atom is -0.398 e. The molecule has 17 heavy (non-hydrogen) atoms. The highest BCUT2D eigenvalue weighted by atomic mass is 19.1. The number of anilines is 1. The largest absolute Gasteiger partial charge is 0.398 e. The van der Waals surface area contributed by atoms with E-state index in [-0.39, 0.29) is 5.82 Å². The van der Waals surface area contributed by atoms with Crippen LogP contribution in [0.3, 0.4) is 0 Å². The van der Waals surface area contributed by atoms with Crippen molar-refractivity contribution < 1.29 is 4.39 Å². The molecule has 4 nitrogen and oxygen atoms in total. The zero-order chi connectivity index (χ0) is 11.8. The SMILES string of the molecule is Nc1ccc(F)cc1-c1nnc2n1CCCC2. The molecular formula is C12H13FN4. The summed E-state index contributed by atoms with van der Waals surface area (Å²) in [6.07, 6.45) is 3.17. The van der Waals surface area contributed by atoms with Crippen molar-refractivity contribution in [2.75, 3.05) is 5.73 Å². The molecule has 0 spiro atoms. The van der Waals surface area contributed by atoms with E-state index >= 15 is 0 Å². The van der Waals surface area contributed by atoms with Crippen LogP contribution < -0.4 is 5.73 Å². The molecule has 0 atom stereocenters. The van der Waals surface area contributed by atoms with Gasteiger partial charge < -0.3 is 10.3 Å². The number of benzene rings is 1. The molecule has 2 heterocycles. The van der Waals surface area contributed by atoms with Gasteiger partial charge in [0.2, 0.25) is 0 Å². The summed E-state index contributed by atoms with van der Waals surface area (Å²) in [7, 11) is 0. The molecule has 0 saturated heterocycles. The number of halogens is 1. The Hall–Kier alpha value is -1.91. The summed E-state index contributed by atoms with van der Waals surface area (Å²) in [4.78, 5) is 0. The first kappa shape index (κ1) is 10.3. The fourth-order valence-corrected chi connectivity index (χ4v) is 2.23. The second kappa shape index (κ2) is 3.84. The van der Waals surface area contributed by atoms with Crippen LogP contribution in [-0.2, 0) is 13.0 Å². The zero-order valence-electron chi connectivity index (χ0n) is 9.36. The number of nitrogen functional groups attached to an aromatic ring is 1. The summed E-state index contributed by atoms with van der Waals surface area (Å²) in [5, 5.41) is 8.28. The van der Waals surface area contributed by atoms with Crippen molar-refractivity contribution >= 4 is 5.69 Å². The maximum atomic E-state index is 13.3. The topological polar surface area (TPSA) is 56.7 Å². The molecule has 1 aliphatic heterocycles. The van der Waals surface area contributed by atoms with Crippen molar-refractivity contribution in [2.24, 2.45) is 0 Å². The number of fused-ring (bicyclic) bond motifs is 1. The average Bonchev–Trinajstić information content (AvgIpc) is 2.76. The molecule has 0 bridgehead atoms. The van der Waals surface area contributed by atoms with Crippen LogP contribution in [0.4, 0.5) is 10.1 Å². The number of rotatable bonds is 1. The molecule has 3 rings (SSSR count). The Labute approximate surface area is 98.3 Å². The Bertz CT molecular complexity index is 562. The predicted octanol–water partition coefficient (Wildman–Crippen LogP) is 2.00. The van der Waals surface area contributed by atoms with Gasteiger partial charge in [-0.15, -0.1) is 10.2 Å². The minimum atomic E-state index is -0.303. The van der Waals surface area contributed by atoms with Gasteiger partial charge in [0.05, 0.1) is 0 Å². The maximum Gasteiger partial charge on any atom is 0.166 e. The van der Waals surface area contributed by atoms with E-state index in [1.54, 1.807) is 6.07 Å². The van der Waals surface area contributed by atoms with E-state index in [4.69, 9.17) is 5.73 Å². The van der Waals surface area contributed by atoms with Gasteiger partial charge in [-0.05, 0) is 31.0 Å². The first-order chi connectivity index (χ1) is 8.25. The van der Waals surface area contributed by atoms with Crippen molar-refractivity contribution in [3.05, 3.63) is 29.8 Å². The van der Waals surface area contributed by atoms with Crippen molar-refractivity contribution in [3.63, 3.8) is 0 Å². The molecule has 2 N–H and O–H groups in total. The third-order valence-electron chi connectivity index (χ3n) is 3.12. The lowest BCUT2D eigenvalue weighted by Gasteiger charge is -2.15. The second-order valence-corrected chi connectivity index (χ2v) is 4.28. The molecule has 2 aromatic rings. The molecule has 1 aromatic carbocycles. The summed E-state index contributed by atoms with van der Waals surface area (Å²) in [6.45, 7) is 0.883. The van der Waals surface area contributed by atoms with Crippen LogP contribution in [0.5, 0.6) is 0 Å². The lowest BCUT2D eigenvalue weighted by molar-refractivity contribution is 0.525. The molecule has 88 valence electrons. The van der Waals surface area contributed by atoms with E-state index in [1.165, 1.54) is 12.1 Å². The van der Waals surface area contributed by atoms with Crippen LogP contribution in [0.1, 0.15) is 18.7 Å². The smallest absolute Gasteiger partial charge is 0.166 e. The summed E-state index contributed by atoms with van der Waals surface area (Å²) >= 11 is 0. The number of nitrogens with two attached hydrogens (primary N) is 1. The number of hydrogen-bond donors (Lipinski definition) is 1. The van der Waals surface area contributed by atoms with Gasteiger partial charge in [0, 0.05) is 24.2 Å². The summed E-state index contributed by atoms with van der Waals surface area (Å²) < 4.78 is 15.3. The molecule has 1 aliphatic rings. The maximum absolute atomic E-state index is 13.3. The van der Waals surface area contributed by atoms with Gasteiger partial charge >= 0.3 is 0 Å². The Kier molecular flexibility index (Phi) is 2.31. The number of aromatic nitrogens is 3. The molecule has 0 unspecified atom stereocenters. The van der Waals surface area contributed by atoms with Crippen LogP contribution in [-0.4, -0.2) is 14.8 Å². The van der Waals surface area contributed by atoms with Gasteiger partial charge in [0.15, 0.2) is 5.82 Å². The van der Waals surface area contributed by atoms with Crippen LogP contribution in [0, 0.1) is 5.82 Å². The summed E-state index contributed by atoms with van der Waals surface area (Å²) in [5.41, 5.74) is 7.03. The number of nitrogens with zero attached hydrogens (tertiary/aromatic N) is 3. The molecule has 0 amide bonds. The first-order valence-electron chi connectivity index (χ1n) is 5.73. The monoisotopic (exact) mass is 232 g/mol. The molecular weight excluding hydrogens is 219 g/mol. The molecule has 1 aromatic heterocycles. The van der Waals surface area contributed by atoms with Crippen LogP contribution >= 0.6 is 0 Å². The van der Waals surface area contributed by atoms with Gasteiger partial charge in [-0.3, -0.25) is 0 Å². The van der Waals surface area contributed by atoms with E-state index in [0.717, 1.165) is 31.6 Å². The lowest BCUT2D eigenvalue weighted by atomic mass is 10.1. The van der Waals surface area contributed by atoms with Crippen molar-refractivity contribution in [1.29, 1.82) is 0 Å². The first-order valence-corrected chi connectivity index (χ1v) is 5.73. The van der Waals surface area contributed by atoms with Crippen molar-refractivity contribution in [3.8, 4) is 11.4 Å². The van der Waals surface area contributed by atoms with Gasteiger partial charge in [0.25, 0.3) is 0 Å². The average molecular weight is 232 g/mol. The number of aryl methyl sites for hydroxylation is 1. The van der Waals surface area contributed by atoms with E-state index in [9.17, 15) is 4.39 Å². The Morgan fingerprint density at radius 3 is 3.00 bits per heavy atom. The molecule has 5 heteroatoms. The van der Waals surface area contributed by atoms with E-state index in [0.29, 0.717) is 17.1 Å². The Morgan fingerprint density at radius 1 is 1.24 bits per heavy atom. The Balaban J connectivity index is 2.15. The lowest BCUT2D eigenvalue weighted by Crippen LogP contribution is -2.12. The zero-order valence-corrected chi connectivity index (χ0v) is 9.36. The minimum absolute atomic E-state index is 0.303. The van der Waals surface area contributed by atoms with Gasteiger partial charge in [-0.1, -0.05) is 0 Å². The molecule has 0 saturated carbocycles. The van der Waals surface area contributed by atoms with Gasteiger partial charge in [-0.2, -0.15) is 0 Å². The van der Waals surface area contributed by atoms with E-state index < -0.39 is 0 Å². The van der Waals surface area contributed by atoms with Crippen LogP contribution in [0.2, 0.25) is 0 Å². The second-order valence-electron chi connectivity index (χ2n) is 4.28. The highest BCUT2D eigenvalue weighted by Crippen LogP contribution is 2.27. The van der Waals surface area contributed by atoms with Crippen LogP contribution in [0.25, 0.3) is 11.4 Å². The van der Waals surface area contributed by atoms with Crippen molar-refractivity contribution in [1.82, 2.24) is 14.8 Å². The Morgan fingerprint density at radius 2 is 2.12 bits per heavy atom. The molecule has 0 radical (unpaired) electrons. The third kappa shape index (κ3) is 1.67. The normalized spacial score (nSPS) is 14.6. The fraction of sp³-hybridized carbons (Fsp3) is 0.333. The molecule has 0 fully saturated rings.